The number of halogens is 5. The molecule has 10 heteroatoms. The predicted octanol–water partition coefficient (Wildman–Crippen LogP) is 4.10. The number of hydrogen-bond donors (Lipinski definition) is 3. The smallest absolute Gasteiger partial charge is 0.363 e. The number of nitrogens with one attached hydrogen (secondary N) is 2. The second-order valence-electron chi connectivity index (χ2n) is 6.21. The van der Waals surface area contributed by atoms with E-state index in [0.717, 1.165) is 0 Å². The molecule has 3 N–H and O–H groups in total. The summed E-state index contributed by atoms with van der Waals surface area (Å²) < 4.78 is 41.3. The van der Waals surface area contributed by atoms with Gasteiger partial charge in [0.2, 0.25) is 5.72 Å². The monoisotopic (exact) mass is 432 g/mol. The Kier molecular flexibility index (Phi) is 5.31. The first-order chi connectivity index (χ1) is 13.0. The quantitative estimate of drug-likeness (QED) is 0.638. The summed E-state index contributed by atoms with van der Waals surface area (Å²) in [5, 5.41) is 14.3. The summed E-state index contributed by atoms with van der Waals surface area (Å²) in [6, 6.07) is 8.22. The summed E-state index contributed by atoms with van der Waals surface area (Å²) in [5.74, 6) is -3.17. The average Bonchev–Trinajstić information content (AvgIpc) is 2.60. The Morgan fingerprint density at radius 3 is 2.32 bits per heavy atom. The fourth-order valence-electron chi connectivity index (χ4n) is 3.13. The third-order valence-electron chi connectivity index (χ3n) is 4.44. The highest BCUT2D eigenvalue weighted by Crippen LogP contribution is 2.45. The first kappa shape index (κ1) is 20.4. The molecule has 2 amide bonds. The third-order valence-corrected chi connectivity index (χ3v) is 5.01. The van der Waals surface area contributed by atoms with Crippen LogP contribution in [-0.2, 0) is 0 Å². The number of benzene rings is 2. The Bertz CT molecular complexity index is 924. The van der Waals surface area contributed by atoms with Gasteiger partial charge >= 0.3 is 12.2 Å². The number of alkyl halides is 3. The molecule has 3 rings (SSSR count). The second kappa shape index (κ2) is 7.27. The number of aliphatic hydroxyl groups is 1. The van der Waals surface area contributed by atoms with Gasteiger partial charge in [0.15, 0.2) is 5.78 Å². The summed E-state index contributed by atoms with van der Waals surface area (Å²) >= 11 is 11.9. The Hall–Kier alpha value is -2.29. The lowest BCUT2D eigenvalue weighted by Crippen LogP contribution is -2.72. The van der Waals surface area contributed by atoms with E-state index in [0.29, 0.717) is 0 Å². The van der Waals surface area contributed by atoms with Gasteiger partial charge in [0, 0.05) is 15.6 Å². The van der Waals surface area contributed by atoms with Crippen molar-refractivity contribution in [3.8, 4) is 0 Å². The highest BCUT2D eigenvalue weighted by molar-refractivity contribution is 6.35. The molecule has 1 heterocycles. The zero-order valence-corrected chi connectivity index (χ0v) is 15.4. The van der Waals surface area contributed by atoms with Crippen LogP contribution in [-0.4, -0.2) is 28.8 Å². The van der Waals surface area contributed by atoms with Crippen molar-refractivity contribution in [3.63, 3.8) is 0 Å². The molecule has 2 aromatic carbocycles. The average molecular weight is 433 g/mol. The van der Waals surface area contributed by atoms with Crippen molar-refractivity contribution >= 4 is 35.0 Å². The summed E-state index contributed by atoms with van der Waals surface area (Å²) in [5.41, 5.74) is -3.86. The lowest BCUT2D eigenvalue weighted by molar-refractivity contribution is -0.287. The van der Waals surface area contributed by atoms with Crippen LogP contribution in [0.4, 0.5) is 18.0 Å². The van der Waals surface area contributed by atoms with Crippen LogP contribution in [0.25, 0.3) is 0 Å². The van der Waals surface area contributed by atoms with Gasteiger partial charge in [0.25, 0.3) is 0 Å². The number of amides is 2. The van der Waals surface area contributed by atoms with Crippen LogP contribution in [0.1, 0.15) is 22.0 Å². The maximum atomic E-state index is 13.8. The second-order valence-corrected chi connectivity index (χ2v) is 7.06. The molecule has 3 atom stereocenters. The molecule has 1 saturated heterocycles. The lowest BCUT2D eigenvalue weighted by Gasteiger charge is -2.45. The van der Waals surface area contributed by atoms with Crippen LogP contribution < -0.4 is 10.6 Å². The fraction of sp³-hybridized carbons (Fsp3) is 0.222. The zero-order valence-electron chi connectivity index (χ0n) is 13.9. The standard InChI is InChI=1S/C18H13Cl2F3N2O3/c19-10-6-7-11(12(20)8-10)14-13(15(26)9-4-2-1-3-5-9)17(28,18(21,22)23)25-16(27)24-14/h1-8,13-14,28H,(H2,24,25,27)/t13-,14-,17-/m1/s1. The number of carbonyl (C=O) groups excluding carboxylic acids is 2. The topological polar surface area (TPSA) is 78.4 Å². The van der Waals surface area contributed by atoms with Gasteiger partial charge in [-0.15, -0.1) is 0 Å². The number of Topliss-reactive ketones (excluding diaryl/α,β-unsaturated/α-hetero) is 1. The van der Waals surface area contributed by atoms with Crippen LogP contribution >= 0.6 is 23.2 Å². The summed E-state index contributed by atoms with van der Waals surface area (Å²) in [7, 11) is 0. The van der Waals surface area contributed by atoms with Gasteiger partial charge in [0.1, 0.15) is 5.92 Å². The molecule has 0 saturated carbocycles. The number of urea groups is 1. The fourth-order valence-corrected chi connectivity index (χ4v) is 3.66. The molecule has 28 heavy (non-hydrogen) atoms. The van der Waals surface area contributed by atoms with E-state index >= 15 is 0 Å². The first-order valence-electron chi connectivity index (χ1n) is 7.96. The Balaban J connectivity index is 2.20. The van der Waals surface area contributed by atoms with Crippen LogP contribution in [0.3, 0.4) is 0 Å². The van der Waals surface area contributed by atoms with Crippen molar-refractivity contribution in [1.82, 2.24) is 10.6 Å². The van der Waals surface area contributed by atoms with Gasteiger partial charge in [-0.2, -0.15) is 13.2 Å². The number of ketones is 1. The summed E-state index contributed by atoms with van der Waals surface area (Å²) in [6.45, 7) is 0. The van der Waals surface area contributed by atoms with Gasteiger partial charge in [0.05, 0.1) is 6.04 Å². The van der Waals surface area contributed by atoms with E-state index in [1.54, 1.807) is 6.07 Å². The molecule has 5 nitrogen and oxygen atoms in total. The Morgan fingerprint density at radius 1 is 1.11 bits per heavy atom. The lowest BCUT2D eigenvalue weighted by atomic mass is 9.77. The third kappa shape index (κ3) is 3.55. The van der Waals surface area contributed by atoms with Crippen LogP contribution in [0, 0.1) is 5.92 Å². The van der Waals surface area contributed by atoms with Gasteiger partial charge in [-0.3, -0.25) is 4.79 Å². The minimum Gasteiger partial charge on any atom is -0.363 e. The molecule has 0 aliphatic carbocycles. The maximum absolute atomic E-state index is 13.8. The van der Waals surface area contributed by atoms with Crippen molar-refractivity contribution in [1.29, 1.82) is 0 Å². The molecule has 1 fully saturated rings. The van der Waals surface area contributed by atoms with Crippen molar-refractivity contribution in [2.75, 3.05) is 0 Å². The minimum absolute atomic E-state index is 0.0119. The molecule has 0 aromatic heterocycles. The van der Waals surface area contributed by atoms with Crippen LogP contribution in [0.2, 0.25) is 10.0 Å². The number of carbonyl (C=O) groups is 2. The van der Waals surface area contributed by atoms with E-state index in [1.807, 2.05) is 0 Å². The van der Waals surface area contributed by atoms with Crippen molar-refractivity contribution < 1.29 is 27.9 Å². The van der Waals surface area contributed by atoms with Crippen LogP contribution in [0.15, 0.2) is 48.5 Å². The van der Waals surface area contributed by atoms with Gasteiger partial charge in [-0.25, -0.2) is 4.79 Å². The largest absolute Gasteiger partial charge is 0.437 e. The van der Waals surface area contributed by atoms with E-state index in [2.05, 4.69) is 5.32 Å². The molecule has 148 valence electrons. The first-order valence-corrected chi connectivity index (χ1v) is 8.72. The normalized spacial score (nSPS) is 25.0. The summed E-state index contributed by atoms with van der Waals surface area (Å²) in [4.78, 5) is 24.9. The van der Waals surface area contributed by atoms with E-state index in [4.69, 9.17) is 23.2 Å². The van der Waals surface area contributed by atoms with Crippen LogP contribution in [0.5, 0.6) is 0 Å². The van der Waals surface area contributed by atoms with E-state index in [-0.39, 0.29) is 21.2 Å². The highest BCUT2D eigenvalue weighted by atomic mass is 35.5. The van der Waals surface area contributed by atoms with Crippen molar-refractivity contribution in [2.45, 2.75) is 17.9 Å². The van der Waals surface area contributed by atoms with E-state index < -0.39 is 35.7 Å². The predicted molar refractivity (Wildman–Crippen MR) is 96.1 cm³/mol. The molecular weight excluding hydrogens is 420 g/mol. The zero-order chi connectivity index (χ0) is 20.7. The number of hydrogen-bond acceptors (Lipinski definition) is 3. The van der Waals surface area contributed by atoms with E-state index in [9.17, 15) is 27.9 Å². The Labute approximate surface area is 167 Å². The van der Waals surface area contributed by atoms with Gasteiger partial charge < -0.3 is 15.7 Å². The van der Waals surface area contributed by atoms with Gasteiger partial charge in [-0.05, 0) is 17.7 Å². The molecule has 0 radical (unpaired) electrons. The Morgan fingerprint density at radius 2 is 1.75 bits per heavy atom. The SMILES string of the molecule is O=C1N[C@H](c2ccc(Cl)cc2Cl)[C@H](C(=O)c2ccccc2)[C@@](O)(C(F)(F)F)N1. The molecule has 2 aromatic rings. The molecule has 0 bridgehead atoms. The maximum Gasteiger partial charge on any atom is 0.437 e. The van der Waals surface area contributed by atoms with Gasteiger partial charge in [-0.1, -0.05) is 59.6 Å². The van der Waals surface area contributed by atoms with E-state index in [1.165, 1.54) is 47.8 Å². The highest BCUT2D eigenvalue weighted by Gasteiger charge is 2.66. The van der Waals surface area contributed by atoms with Crippen molar-refractivity contribution in [3.05, 3.63) is 69.7 Å². The molecular formula is C18H13Cl2F3N2O3. The minimum atomic E-state index is -5.34. The summed E-state index contributed by atoms with van der Waals surface area (Å²) in [6.07, 6.45) is -5.34. The molecule has 1 aliphatic rings. The molecule has 0 unspecified atom stereocenters. The molecule has 1 aliphatic heterocycles. The molecule has 0 spiro atoms. The van der Waals surface area contributed by atoms with Crippen molar-refractivity contribution in [2.24, 2.45) is 5.92 Å². The number of rotatable bonds is 3.